The molecule has 1 fully saturated rings. The molecule has 2 heteroatoms. The van der Waals surface area contributed by atoms with Gasteiger partial charge in [0.15, 0.2) is 0 Å². The van der Waals surface area contributed by atoms with Crippen LogP contribution in [-0.4, -0.2) is 17.3 Å². The highest BCUT2D eigenvalue weighted by atomic mass is 16.5. The zero-order valence-corrected chi connectivity index (χ0v) is 13.2. The van der Waals surface area contributed by atoms with Crippen LogP contribution in [0.2, 0.25) is 0 Å². The van der Waals surface area contributed by atoms with E-state index < -0.39 is 0 Å². The molecule has 1 aliphatic rings. The van der Waals surface area contributed by atoms with Crippen molar-refractivity contribution >= 4 is 0 Å². The van der Waals surface area contributed by atoms with E-state index in [1.54, 1.807) is 0 Å². The molecule has 2 nitrogen and oxygen atoms in total. The van der Waals surface area contributed by atoms with Crippen LogP contribution in [0.15, 0.2) is 24.3 Å². The van der Waals surface area contributed by atoms with Crippen molar-refractivity contribution in [3.05, 3.63) is 29.8 Å². The average Bonchev–Trinajstić information content (AvgIpc) is 2.48. The molecule has 2 rings (SSSR count). The van der Waals surface area contributed by atoms with E-state index in [2.05, 4.69) is 45.9 Å². The predicted molar refractivity (Wildman–Crippen MR) is 83.2 cm³/mol. The van der Waals surface area contributed by atoms with Crippen molar-refractivity contribution in [3.8, 4) is 5.75 Å². The lowest BCUT2D eigenvalue weighted by Crippen LogP contribution is -2.59. The zero-order valence-electron chi connectivity index (χ0n) is 13.2. The summed E-state index contributed by atoms with van der Waals surface area (Å²) in [5, 5.41) is 10.2. The molecule has 0 amide bonds. The number of aliphatic hydroxyl groups excluding tert-OH is 1. The monoisotopic (exact) mass is 276 g/mol. The maximum atomic E-state index is 10.2. The smallest absolute Gasteiger partial charge is 0.123 e. The number of hydrogen-bond donors (Lipinski definition) is 1. The summed E-state index contributed by atoms with van der Waals surface area (Å²) in [7, 11) is 0. The van der Waals surface area contributed by atoms with Crippen LogP contribution in [-0.2, 0) is 0 Å². The normalized spacial score (nSPS) is 25.9. The Bertz CT molecular complexity index is 437. The van der Waals surface area contributed by atoms with Crippen molar-refractivity contribution in [1.29, 1.82) is 0 Å². The maximum absolute atomic E-state index is 10.2. The summed E-state index contributed by atoms with van der Waals surface area (Å²) >= 11 is 0. The second-order valence-corrected chi connectivity index (χ2v) is 6.15. The van der Waals surface area contributed by atoms with E-state index in [-0.39, 0.29) is 17.6 Å². The molecule has 0 aliphatic heterocycles. The molecular formula is C18H28O2. The molecule has 3 atom stereocenters. The molecule has 0 aromatic heterocycles. The highest BCUT2D eigenvalue weighted by Crippen LogP contribution is 2.49. The first-order chi connectivity index (χ1) is 9.58. The molecule has 0 radical (unpaired) electrons. The second-order valence-electron chi connectivity index (χ2n) is 6.15. The summed E-state index contributed by atoms with van der Waals surface area (Å²) in [6.07, 6.45) is 3.76. The van der Waals surface area contributed by atoms with Crippen molar-refractivity contribution in [3.63, 3.8) is 0 Å². The molecule has 1 aliphatic carbocycles. The second kappa shape index (κ2) is 6.17. The number of benzene rings is 1. The van der Waals surface area contributed by atoms with Gasteiger partial charge in [0.25, 0.3) is 0 Å². The quantitative estimate of drug-likeness (QED) is 0.828. The lowest BCUT2D eigenvalue weighted by molar-refractivity contribution is -0.159. The Morgan fingerprint density at radius 1 is 1.25 bits per heavy atom. The van der Waals surface area contributed by atoms with Crippen LogP contribution in [0.1, 0.15) is 64.9 Å². The summed E-state index contributed by atoms with van der Waals surface area (Å²) in [4.78, 5) is 0. The van der Waals surface area contributed by atoms with Crippen molar-refractivity contribution < 1.29 is 9.84 Å². The topological polar surface area (TPSA) is 29.5 Å². The van der Waals surface area contributed by atoms with Gasteiger partial charge in [0.05, 0.1) is 6.10 Å². The van der Waals surface area contributed by atoms with Gasteiger partial charge in [-0.15, -0.1) is 0 Å². The van der Waals surface area contributed by atoms with Gasteiger partial charge in [-0.3, -0.25) is 0 Å². The van der Waals surface area contributed by atoms with Crippen LogP contribution in [0.5, 0.6) is 5.75 Å². The lowest BCUT2D eigenvalue weighted by Gasteiger charge is -2.52. The van der Waals surface area contributed by atoms with Gasteiger partial charge in [-0.2, -0.15) is 0 Å². The molecule has 1 aromatic rings. The number of ether oxygens (including phenoxy) is 1. The fraction of sp³-hybridized carbons (Fsp3) is 0.667. The van der Waals surface area contributed by atoms with Crippen molar-refractivity contribution in [2.45, 2.75) is 71.5 Å². The molecule has 1 N–H and O–H groups in total. The molecular weight excluding hydrogens is 248 g/mol. The van der Waals surface area contributed by atoms with Crippen LogP contribution in [0.3, 0.4) is 0 Å². The molecule has 112 valence electrons. The van der Waals surface area contributed by atoms with E-state index in [1.165, 1.54) is 5.56 Å². The van der Waals surface area contributed by atoms with Gasteiger partial charge in [0.2, 0.25) is 0 Å². The van der Waals surface area contributed by atoms with Crippen molar-refractivity contribution in [2.24, 2.45) is 5.41 Å². The van der Waals surface area contributed by atoms with E-state index in [9.17, 15) is 5.11 Å². The van der Waals surface area contributed by atoms with Gasteiger partial charge >= 0.3 is 0 Å². The minimum absolute atomic E-state index is 0.0530. The third kappa shape index (κ3) is 2.46. The first kappa shape index (κ1) is 15.4. The van der Waals surface area contributed by atoms with Crippen molar-refractivity contribution in [2.75, 3.05) is 0 Å². The van der Waals surface area contributed by atoms with Gasteiger partial charge in [-0.25, -0.2) is 0 Å². The predicted octanol–water partition coefficient (Wildman–Crippen LogP) is 4.52. The molecule has 20 heavy (non-hydrogen) atoms. The SMILES string of the molecule is CCC(C)c1ccccc1OC1CC(O)C1(CC)CC. The van der Waals surface area contributed by atoms with E-state index in [0.717, 1.165) is 31.4 Å². The third-order valence-corrected chi connectivity index (χ3v) is 5.39. The molecule has 1 aromatic carbocycles. The minimum atomic E-state index is -0.210. The Morgan fingerprint density at radius 2 is 1.90 bits per heavy atom. The Hall–Kier alpha value is -1.02. The van der Waals surface area contributed by atoms with Crippen molar-refractivity contribution in [1.82, 2.24) is 0 Å². The Kier molecular flexibility index (Phi) is 4.74. The number of hydrogen-bond acceptors (Lipinski definition) is 2. The van der Waals surface area contributed by atoms with Crippen LogP contribution in [0, 0.1) is 5.41 Å². The van der Waals surface area contributed by atoms with Gasteiger partial charge < -0.3 is 9.84 Å². The third-order valence-electron chi connectivity index (χ3n) is 5.39. The fourth-order valence-electron chi connectivity index (χ4n) is 3.44. The van der Waals surface area contributed by atoms with Crippen LogP contribution >= 0.6 is 0 Å². The number of rotatable bonds is 6. The zero-order chi connectivity index (χ0) is 14.8. The summed E-state index contributed by atoms with van der Waals surface area (Å²) in [5.41, 5.74) is 1.24. The molecule has 3 unspecified atom stereocenters. The first-order valence-electron chi connectivity index (χ1n) is 8.02. The highest BCUT2D eigenvalue weighted by Gasteiger charge is 2.53. The van der Waals surface area contributed by atoms with E-state index in [0.29, 0.717) is 5.92 Å². The average molecular weight is 276 g/mol. The van der Waals surface area contributed by atoms with Gasteiger partial charge in [0.1, 0.15) is 11.9 Å². The maximum Gasteiger partial charge on any atom is 0.123 e. The molecule has 1 saturated carbocycles. The molecule has 0 saturated heterocycles. The largest absolute Gasteiger partial charge is 0.489 e. The lowest BCUT2D eigenvalue weighted by atomic mass is 9.60. The minimum Gasteiger partial charge on any atom is -0.489 e. The molecule has 0 bridgehead atoms. The van der Waals surface area contributed by atoms with Crippen LogP contribution < -0.4 is 4.74 Å². The number of para-hydroxylation sites is 1. The summed E-state index contributed by atoms with van der Waals surface area (Å²) in [6.45, 7) is 8.76. The first-order valence-corrected chi connectivity index (χ1v) is 8.02. The fourth-order valence-corrected chi connectivity index (χ4v) is 3.44. The Morgan fingerprint density at radius 3 is 2.45 bits per heavy atom. The number of aliphatic hydroxyl groups is 1. The van der Waals surface area contributed by atoms with Crippen LogP contribution in [0.25, 0.3) is 0 Å². The summed E-state index contributed by atoms with van der Waals surface area (Å²) in [5.74, 6) is 1.51. The van der Waals surface area contributed by atoms with E-state index in [1.807, 2.05) is 6.07 Å². The highest BCUT2D eigenvalue weighted by molar-refractivity contribution is 5.36. The summed E-state index contributed by atoms with van der Waals surface area (Å²) < 4.78 is 6.31. The van der Waals surface area contributed by atoms with E-state index >= 15 is 0 Å². The summed E-state index contributed by atoms with van der Waals surface area (Å²) in [6, 6.07) is 8.35. The Balaban J connectivity index is 2.19. The standard InChI is InChI=1S/C18H28O2/c1-5-13(4)14-10-8-9-11-15(14)20-17-12-16(19)18(17,6-2)7-3/h8-11,13,16-17,19H,5-7,12H2,1-4H3. The van der Waals surface area contributed by atoms with Gasteiger partial charge in [-0.1, -0.05) is 45.9 Å². The van der Waals surface area contributed by atoms with E-state index in [4.69, 9.17) is 4.74 Å². The molecule has 0 spiro atoms. The van der Waals surface area contributed by atoms with Gasteiger partial charge in [-0.05, 0) is 36.8 Å². The van der Waals surface area contributed by atoms with Crippen LogP contribution in [0.4, 0.5) is 0 Å². The molecule has 0 heterocycles. The Labute approximate surface area is 123 Å². The van der Waals surface area contributed by atoms with Gasteiger partial charge in [0, 0.05) is 11.8 Å².